The highest BCUT2D eigenvalue weighted by atomic mass is 32.1. The molecule has 0 saturated carbocycles. The Morgan fingerprint density at radius 1 is 1.50 bits per heavy atom. The first-order valence-corrected chi connectivity index (χ1v) is 6.09. The number of carbonyl (C=O) groups excluding carboxylic acids is 1. The Bertz CT molecular complexity index is 433. The summed E-state index contributed by atoms with van der Waals surface area (Å²) in [6, 6.07) is -1.08. The number of aromatic nitrogens is 2. The first kappa shape index (κ1) is 14.5. The number of aliphatic carboxylic acids is 1. The van der Waals surface area contributed by atoms with Crippen molar-refractivity contribution < 1.29 is 19.4 Å². The Morgan fingerprint density at radius 3 is 2.67 bits per heavy atom. The molecule has 1 amide bonds. The molecule has 0 fully saturated rings. The molecule has 1 aromatic rings. The molecule has 18 heavy (non-hydrogen) atoms. The summed E-state index contributed by atoms with van der Waals surface area (Å²) in [4.78, 5) is 23.2. The number of amides is 1. The van der Waals surface area contributed by atoms with Crippen LogP contribution in [0.3, 0.4) is 0 Å². The van der Waals surface area contributed by atoms with Gasteiger partial charge >= 0.3 is 5.97 Å². The average Bonchev–Trinajstić information content (AvgIpc) is 2.77. The molecule has 0 radical (unpaired) electrons. The molecule has 0 aliphatic rings. The van der Waals surface area contributed by atoms with E-state index in [9.17, 15) is 9.59 Å². The van der Waals surface area contributed by atoms with Crippen LogP contribution in [0.5, 0.6) is 0 Å². The third-order valence-corrected chi connectivity index (χ3v) is 2.94. The van der Waals surface area contributed by atoms with E-state index in [-0.39, 0.29) is 12.5 Å². The van der Waals surface area contributed by atoms with Crippen molar-refractivity contribution >= 4 is 23.4 Å². The molecule has 100 valence electrons. The predicted molar refractivity (Wildman–Crippen MR) is 64.8 cm³/mol. The molecular formula is C10H15N3O4S. The van der Waals surface area contributed by atoms with E-state index < -0.39 is 17.9 Å². The molecular weight excluding hydrogens is 258 g/mol. The van der Waals surface area contributed by atoms with Crippen LogP contribution in [0.25, 0.3) is 0 Å². The van der Waals surface area contributed by atoms with Crippen LogP contribution in [0.2, 0.25) is 0 Å². The molecule has 1 rings (SSSR count). The SMILES string of the molecule is COCC(NC(=O)c1snnc1C(C)C)C(=O)O. The number of carboxylic acids is 1. The smallest absolute Gasteiger partial charge is 0.328 e. The maximum atomic E-state index is 11.9. The zero-order valence-electron chi connectivity index (χ0n) is 10.3. The van der Waals surface area contributed by atoms with Gasteiger partial charge in [0.05, 0.1) is 12.3 Å². The molecule has 0 aromatic carbocycles. The van der Waals surface area contributed by atoms with Crippen molar-refractivity contribution in [3.63, 3.8) is 0 Å². The number of carboxylic acid groups (broad SMARTS) is 1. The minimum absolute atomic E-state index is 0.0511. The number of methoxy groups -OCH3 is 1. The van der Waals surface area contributed by atoms with Gasteiger partial charge in [-0.2, -0.15) is 0 Å². The van der Waals surface area contributed by atoms with Crippen LogP contribution in [0, 0.1) is 0 Å². The normalized spacial score (nSPS) is 12.4. The van der Waals surface area contributed by atoms with E-state index in [0.29, 0.717) is 10.6 Å². The number of nitrogens with one attached hydrogen (secondary N) is 1. The van der Waals surface area contributed by atoms with Crippen molar-refractivity contribution in [2.75, 3.05) is 13.7 Å². The highest BCUT2D eigenvalue weighted by molar-refractivity contribution is 7.08. The summed E-state index contributed by atoms with van der Waals surface area (Å²) in [5.74, 6) is -1.58. The van der Waals surface area contributed by atoms with Crippen molar-refractivity contribution in [1.29, 1.82) is 0 Å². The minimum Gasteiger partial charge on any atom is -0.480 e. The highest BCUT2D eigenvalue weighted by Gasteiger charge is 2.24. The van der Waals surface area contributed by atoms with Gasteiger partial charge in [0, 0.05) is 7.11 Å². The maximum absolute atomic E-state index is 11.9. The number of carbonyl (C=O) groups is 2. The number of nitrogens with zero attached hydrogens (tertiary/aromatic N) is 2. The Kier molecular flexibility index (Phi) is 5.17. The Labute approximate surface area is 108 Å². The summed E-state index contributed by atoms with van der Waals surface area (Å²) in [6.45, 7) is 3.68. The van der Waals surface area contributed by atoms with Gasteiger partial charge in [0.25, 0.3) is 5.91 Å². The van der Waals surface area contributed by atoms with E-state index in [1.807, 2.05) is 13.8 Å². The van der Waals surface area contributed by atoms with Crippen LogP contribution in [0.4, 0.5) is 0 Å². The molecule has 0 aliphatic heterocycles. The zero-order chi connectivity index (χ0) is 13.7. The Hall–Kier alpha value is -1.54. The van der Waals surface area contributed by atoms with E-state index in [1.54, 1.807) is 0 Å². The summed E-state index contributed by atoms with van der Waals surface area (Å²) in [5.41, 5.74) is 0.569. The summed E-state index contributed by atoms with van der Waals surface area (Å²) >= 11 is 0.951. The summed E-state index contributed by atoms with van der Waals surface area (Å²) in [5, 5.41) is 15.2. The third-order valence-electron chi connectivity index (χ3n) is 2.20. The molecule has 0 saturated heterocycles. The lowest BCUT2D eigenvalue weighted by Gasteiger charge is -2.13. The first-order chi connectivity index (χ1) is 8.47. The molecule has 2 N–H and O–H groups in total. The van der Waals surface area contributed by atoms with E-state index in [1.165, 1.54) is 7.11 Å². The van der Waals surface area contributed by atoms with E-state index >= 15 is 0 Å². The molecule has 0 bridgehead atoms. The topological polar surface area (TPSA) is 101 Å². The summed E-state index contributed by atoms with van der Waals surface area (Å²) in [6.07, 6.45) is 0. The van der Waals surface area contributed by atoms with Gasteiger partial charge in [-0.15, -0.1) is 5.10 Å². The van der Waals surface area contributed by atoms with Crippen LogP contribution in [0.15, 0.2) is 0 Å². The Morgan fingerprint density at radius 2 is 2.17 bits per heavy atom. The van der Waals surface area contributed by atoms with Gasteiger partial charge in [-0.1, -0.05) is 18.3 Å². The van der Waals surface area contributed by atoms with Gasteiger partial charge in [0.2, 0.25) is 0 Å². The molecule has 1 aromatic heterocycles. The number of rotatable bonds is 6. The molecule has 0 aliphatic carbocycles. The molecule has 1 heterocycles. The number of hydrogen-bond acceptors (Lipinski definition) is 6. The maximum Gasteiger partial charge on any atom is 0.328 e. The lowest BCUT2D eigenvalue weighted by Crippen LogP contribution is -2.43. The van der Waals surface area contributed by atoms with Gasteiger partial charge in [0.15, 0.2) is 6.04 Å². The summed E-state index contributed by atoms with van der Waals surface area (Å²) in [7, 11) is 1.37. The van der Waals surface area contributed by atoms with Gasteiger partial charge in [0.1, 0.15) is 4.88 Å². The van der Waals surface area contributed by atoms with Crippen LogP contribution in [-0.2, 0) is 9.53 Å². The van der Waals surface area contributed by atoms with Gasteiger partial charge in [-0.3, -0.25) is 4.79 Å². The van der Waals surface area contributed by atoms with Crippen molar-refractivity contribution in [2.45, 2.75) is 25.8 Å². The largest absolute Gasteiger partial charge is 0.480 e. The lowest BCUT2D eigenvalue weighted by molar-refractivity contribution is -0.140. The van der Waals surface area contributed by atoms with Crippen LogP contribution >= 0.6 is 11.5 Å². The minimum atomic E-state index is -1.14. The molecule has 7 nitrogen and oxygen atoms in total. The number of hydrogen-bond donors (Lipinski definition) is 2. The van der Waals surface area contributed by atoms with Crippen molar-refractivity contribution in [3.05, 3.63) is 10.6 Å². The fourth-order valence-corrected chi connectivity index (χ4v) is 2.02. The van der Waals surface area contributed by atoms with E-state index in [4.69, 9.17) is 9.84 Å². The summed E-state index contributed by atoms with van der Waals surface area (Å²) < 4.78 is 8.45. The Balaban J connectivity index is 2.80. The fourth-order valence-electron chi connectivity index (χ4n) is 1.30. The van der Waals surface area contributed by atoms with Crippen molar-refractivity contribution in [1.82, 2.24) is 14.9 Å². The molecule has 8 heteroatoms. The zero-order valence-corrected chi connectivity index (χ0v) is 11.2. The second kappa shape index (κ2) is 6.41. The van der Waals surface area contributed by atoms with Crippen molar-refractivity contribution in [2.24, 2.45) is 0 Å². The second-order valence-corrected chi connectivity index (χ2v) is 4.72. The van der Waals surface area contributed by atoms with Crippen LogP contribution in [0.1, 0.15) is 35.1 Å². The van der Waals surface area contributed by atoms with Gasteiger partial charge in [-0.05, 0) is 17.5 Å². The highest BCUT2D eigenvalue weighted by Crippen LogP contribution is 2.19. The standard InChI is InChI=1S/C10H15N3O4S/c1-5(2)7-8(18-13-12-7)9(14)11-6(4-17-3)10(15)16/h5-6H,4H2,1-3H3,(H,11,14)(H,15,16). The second-order valence-electron chi connectivity index (χ2n) is 3.96. The first-order valence-electron chi connectivity index (χ1n) is 5.32. The van der Waals surface area contributed by atoms with Crippen LogP contribution < -0.4 is 5.32 Å². The van der Waals surface area contributed by atoms with E-state index in [0.717, 1.165) is 11.5 Å². The van der Waals surface area contributed by atoms with Crippen molar-refractivity contribution in [3.8, 4) is 0 Å². The average molecular weight is 273 g/mol. The predicted octanol–water partition coefficient (Wildman–Crippen LogP) is 0.491. The quantitative estimate of drug-likeness (QED) is 0.782. The number of ether oxygens (including phenoxy) is 1. The molecule has 0 spiro atoms. The third kappa shape index (κ3) is 3.47. The lowest BCUT2D eigenvalue weighted by atomic mass is 10.1. The van der Waals surface area contributed by atoms with E-state index in [2.05, 4.69) is 14.9 Å². The molecule has 1 unspecified atom stereocenters. The fraction of sp³-hybridized carbons (Fsp3) is 0.600. The van der Waals surface area contributed by atoms with Gasteiger partial charge < -0.3 is 15.2 Å². The molecule has 1 atom stereocenters. The monoisotopic (exact) mass is 273 g/mol. The van der Waals surface area contributed by atoms with Crippen LogP contribution in [-0.4, -0.2) is 46.3 Å². The van der Waals surface area contributed by atoms with Gasteiger partial charge in [-0.25, -0.2) is 4.79 Å².